The maximum absolute atomic E-state index is 10.7. The SMILES string of the molecule is O=C(O)Cc1ccnc(-c2c(Cl)ccc(Cl)c2Cl)c1. The van der Waals surface area contributed by atoms with E-state index in [-0.39, 0.29) is 6.42 Å². The Labute approximate surface area is 124 Å². The number of carboxylic acid groups (broad SMARTS) is 1. The third-order valence-corrected chi connectivity index (χ3v) is 3.60. The van der Waals surface area contributed by atoms with Crippen molar-refractivity contribution in [3.8, 4) is 11.3 Å². The van der Waals surface area contributed by atoms with Crippen LogP contribution < -0.4 is 0 Å². The van der Waals surface area contributed by atoms with E-state index in [0.717, 1.165) is 0 Å². The lowest BCUT2D eigenvalue weighted by Gasteiger charge is -2.09. The highest BCUT2D eigenvalue weighted by molar-refractivity contribution is 6.46. The number of halogens is 3. The summed E-state index contributed by atoms with van der Waals surface area (Å²) < 4.78 is 0. The molecule has 6 heteroatoms. The summed E-state index contributed by atoms with van der Waals surface area (Å²) in [6.45, 7) is 0. The topological polar surface area (TPSA) is 50.2 Å². The van der Waals surface area contributed by atoms with Gasteiger partial charge in [-0.2, -0.15) is 0 Å². The summed E-state index contributed by atoms with van der Waals surface area (Å²) in [5, 5.41) is 9.87. The molecule has 1 heterocycles. The smallest absolute Gasteiger partial charge is 0.307 e. The average molecular weight is 317 g/mol. The van der Waals surface area contributed by atoms with Crippen LogP contribution in [0.3, 0.4) is 0 Å². The summed E-state index contributed by atoms with van der Waals surface area (Å²) in [5.41, 5.74) is 1.61. The average Bonchev–Trinajstić information content (AvgIpc) is 2.34. The molecule has 0 saturated heterocycles. The van der Waals surface area contributed by atoms with Crippen molar-refractivity contribution in [3.63, 3.8) is 0 Å². The van der Waals surface area contributed by atoms with Crippen molar-refractivity contribution in [1.82, 2.24) is 4.98 Å². The highest BCUT2D eigenvalue weighted by atomic mass is 35.5. The van der Waals surface area contributed by atoms with E-state index in [4.69, 9.17) is 39.9 Å². The van der Waals surface area contributed by atoms with E-state index in [1.54, 1.807) is 24.3 Å². The number of carboxylic acids is 1. The van der Waals surface area contributed by atoms with Crippen molar-refractivity contribution < 1.29 is 9.90 Å². The fraction of sp³-hybridized carbons (Fsp3) is 0.0769. The van der Waals surface area contributed by atoms with Crippen LogP contribution in [-0.2, 0) is 11.2 Å². The molecule has 0 fully saturated rings. The van der Waals surface area contributed by atoms with E-state index in [1.165, 1.54) is 6.20 Å². The van der Waals surface area contributed by atoms with Gasteiger partial charge in [0.25, 0.3) is 0 Å². The van der Waals surface area contributed by atoms with Crippen LogP contribution in [0.25, 0.3) is 11.3 Å². The van der Waals surface area contributed by atoms with Gasteiger partial charge >= 0.3 is 5.97 Å². The molecule has 98 valence electrons. The van der Waals surface area contributed by atoms with Crippen molar-refractivity contribution in [1.29, 1.82) is 0 Å². The van der Waals surface area contributed by atoms with Crippen LogP contribution in [0.2, 0.25) is 15.1 Å². The zero-order valence-corrected chi connectivity index (χ0v) is 11.8. The molecule has 1 aromatic heterocycles. The fourth-order valence-corrected chi connectivity index (χ4v) is 2.38. The third kappa shape index (κ3) is 3.18. The van der Waals surface area contributed by atoms with E-state index >= 15 is 0 Å². The van der Waals surface area contributed by atoms with Crippen molar-refractivity contribution in [2.24, 2.45) is 0 Å². The van der Waals surface area contributed by atoms with Crippen LogP contribution in [0.1, 0.15) is 5.56 Å². The van der Waals surface area contributed by atoms with Gasteiger partial charge in [0.1, 0.15) is 0 Å². The molecule has 19 heavy (non-hydrogen) atoms. The molecule has 0 atom stereocenters. The number of benzene rings is 1. The quantitative estimate of drug-likeness (QED) is 0.857. The zero-order chi connectivity index (χ0) is 14.0. The van der Waals surface area contributed by atoms with Crippen LogP contribution in [-0.4, -0.2) is 16.1 Å². The van der Waals surface area contributed by atoms with E-state index < -0.39 is 5.97 Å². The summed E-state index contributed by atoms with van der Waals surface area (Å²) in [7, 11) is 0. The van der Waals surface area contributed by atoms with Crippen molar-refractivity contribution in [2.75, 3.05) is 0 Å². The van der Waals surface area contributed by atoms with Crippen molar-refractivity contribution in [3.05, 3.63) is 51.1 Å². The van der Waals surface area contributed by atoms with E-state index in [9.17, 15) is 4.79 Å². The van der Waals surface area contributed by atoms with Gasteiger partial charge in [-0.3, -0.25) is 9.78 Å². The Balaban J connectivity index is 2.53. The molecule has 3 nitrogen and oxygen atoms in total. The lowest BCUT2D eigenvalue weighted by Crippen LogP contribution is -2.00. The first-order valence-electron chi connectivity index (χ1n) is 5.29. The van der Waals surface area contributed by atoms with Crippen LogP contribution in [0, 0.1) is 0 Å². The number of rotatable bonds is 3. The van der Waals surface area contributed by atoms with Gasteiger partial charge in [0, 0.05) is 11.8 Å². The second-order valence-corrected chi connectivity index (χ2v) is 5.03. The molecular weight excluding hydrogens is 309 g/mol. The zero-order valence-electron chi connectivity index (χ0n) is 9.53. The van der Waals surface area contributed by atoms with E-state index in [0.29, 0.717) is 31.9 Å². The van der Waals surface area contributed by atoms with Crippen LogP contribution in [0.5, 0.6) is 0 Å². The molecule has 0 unspecified atom stereocenters. The van der Waals surface area contributed by atoms with Gasteiger partial charge in [0.05, 0.1) is 27.2 Å². The Morgan fingerprint density at radius 1 is 1.16 bits per heavy atom. The lowest BCUT2D eigenvalue weighted by molar-refractivity contribution is -0.136. The number of hydrogen-bond donors (Lipinski definition) is 1. The molecule has 0 aliphatic rings. The summed E-state index contributed by atoms with van der Waals surface area (Å²) in [6.07, 6.45) is 1.42. The van der Waals surface area contributed by atoms with Gasteiger partial charge in [-0.15, -0.1) is 0 Å². The highest BCUT2D eigenvalue weighted by Crippen LogP contribution is 2.38. The lowest BCUT2D eigenvalue weighted by atomic mass is 10.1. The number of nitrogens with zero attached hydrogens (tertiary/aromatic N) is 1. The fourth-order valence-electron chi connectivity index (χ4n) is 1.66. The molecule has 0 radical (unpaired) electrons. The number of pyridine rings is 1. The summed E-state index contributed by atoms with van der Waals surface area (Å²) >= 11 is 18.2. The largest absolute Gasteiger partial charge is 0.481 e. The van der Waals surface area contributed by atoms with Gasteiger partial charge in [0.2, 0.25) is 0 Å². The summed E-state index contributed by atoms with van der Waals surface area (Å²) in [4.78, 5) is 14.9. The molecule has 2 rings (SSSR count). The van der Waals surface area contributed by atoms with Gasteiger partial charge in [-0.05, 0) is 29.8 Å². The molecule has 0 aliphatic carbocycles. The Bertz CT molecular complexity index is 644. The number of aromatic nitrogens is 1. The first-order chi connectivity index (χ1) is 8.99. The molecule has 2 aromatic rings. The molecule has 1 N–H and O–H groups in total. The van der Waals surface area contributed by atoms with Gasteiger partial charge in [-0.1, -0.05) is 34.8 Å². The molecule has 1 aromatic carbocycles. The third-order valence-electron chi connectivity index (χ3n) is 2.48. The predicted molar refractivity (Wildman–Crippen MR) is 76.0 cm³/mol. The molecule has 0 spiro atoms. The Morgan fingerprint density at radius 2 is 1.84 bits per heavy atom. The van der Waals surface area contributed by atoms with E-state index in [1.807, 2.05) is 0 Å². The first-order valence-corrected chi connectivity index (χ1v) is 6.43. The standard InChI is InChI=1S/C13H8Cl3NO2/c14-8-1-2-9(15)13(16)12(8)10-5-7(3-4-17-10)6-11(18)19/h1-5H,6H2,(H,18,19). The minimum absolute atomic E-state index is 0.0919. The van der Waals surface area contributed by atoms with Crippen LogP contribution in [0.4, 0.5) is 0 Å². The number of aliphatic carboxylic acids is 1. The monoisotopic (exact) mass is 315 g/mol. The minimum atomic E-state index is -0.916. The molecular formula is C13H8Cl3NO2. The van der Waals surface area contributed by atoms with E-state index in [2.05, 4.69) is 4.98 Å². The maximum atomic E-state index is 10.7. The molecule has 0 saturated carbocycles. The predicted octanol–water partition coefficient (Wildman–Crippen LogP) is 4.34. The van der Waals surface area contributed by atoms with Crippen molar-refractivity contribution in [2.45, 2.75) is 6.42 Å². The Hall–Kier alpha value is -1.29. The maximum Gasteiger partial charge on any atom is 0.307 e. The van der Waals surface area contributed by atoms with Crippen LogP contribution >= 0.6 is 34.8 Å². The van der Waals surface area contributed by atoms with Crippen molar-refractivity contribution >= 4 is 40.8 Å². The van der Waals surface area contributed by atoms with Gasteiger partial charge < -0.3 is 5.11 Å². The first kappa shape index (κ1) is 14.1. The summed E-state index contributed by atoms with van der Waals surface area (Å²) in [5.74, 6) is -0.916. The minimum Gasteiger partial charge on any atom is -0.481 e. The molecule has 0 bridgehead atoms. The Kier molecular flexibility index (Phi) is 4.30. The van der Waals surface area contributed by atoms with Gasteiger partial charge in [0.15, 0.2) is 0 Å². The molecule has 0 amide bonds. The normalized spacial score (nSPS) is 10.5. The second kappa shape index (κ2) is 5.78. The Morgan fingerprint density at radius 3 is 2.53 bits per heavy atom. The number of carbonyl (C=O) groups is 1. The summed E-state index contributed by atoms with van der Waals surface area (Å²) in [6, 6.07) is 6.48. The van der Waals surface area contributed by atoms with Gasteiger partial charge in [-0.25, -0.2) is 0 Å². The second-order valence-electron chi connectivity index (χ2n) is 3.84. The molecule has 0 aliphatic heterocycles. The van der Waals surface area contributed by atoms with Crippen LogP contribution in [0.15, 0.2) is 30.5 Å². The number of hydrogen-bond acceptors (Lipinski definition) is 2. The highest BCUT2D eigenvalue weighted by Gasteiger charge is 2.14.